The van der Waals surface area contributed by atoms with Crippen molar-refractivity contribution in [2.45, 2.75) is 40.0 Å². The first-order valence-electron chi connectivity index (χ1n) is 7.65. The van der Waals surface area contributed by atoms with Crippen molar-refractivity contribution in [3.63, 3.8) is 0 Å². The van der Waals surface area contributed by atoms with Crippen LogP contribution < -0.4 is 5.32 Å². The van der Waals surface area contributed by atoms with E-state index in [1.165, 1.54) is 12.0 Å². The summed E-state index contributed by atoms with van der Waals surface area (Å²) in [6, 6.07) is 0. The molecule has 0 amide bonds. The SMILES string of the molecule is CCCNCCCc1c(C)nc(-c2cnn(C)c2)nc1C. The molecular formula is C16H25N5. The molecule has 0 aliphatic carbocycles. The first-order valence-corrected chi connectivity index (χ1v) is 7.65. The highest BCUT2D eigenvalue weighted by Crippen LogP contribution is 2.19. The summed E-state index contributed by atoms with van der Waals surface area (Å²) in [5.74, 6) is 0.769. The lowest BCUT2D eigenvalue weighted by molar-refractivity contribution is 0.636. The molecule has 0 radical (unpaired) electrons. The van der Waals surface area contributed by atoms with Crippen LogP contribution in [-0.2, 0) is 13.5 Å². The number of hydrogen-bond donors (Lipinski definition) is 1. The summed E-state index contributed by atoms with van der Waals surface area (Å²) in [7, 11) is 1.90. The molecule has 114 valence electrons. The lowest BCUT2D eigenvalue weighted by Crippen LogP contribution is -2.17. The van der Waals surface area contributed by atoms with Crippen LogP contribution in [0, 0.1) is 13.8 Å². The highest BCUT2D eigenvalue weighted by molar-refractivity contribution is 5.53. The average molecular weight is 287 g/mol. The van der Waals surface area contributed by atoms with Gasteiger partial charge in [-0.2, -0.15) is 5.10 Å². The lowest BCUT2D eigenvalue weighted by atomic mass is 10.1. The van der Waals surface area contributed by atoms with Crippen molar-refractivity contribution in [1.29, 1.82) is 0 Å². The number of rotatable bonds is 7. The summed E-state index contributed by atoms with van der Waals surface area (Å²) in [6.07, 6.45) is 7.09. The van der Waals surface area contributed by atoms with E-state index in [9.17, 15) is 0 Å². The van der Waals surface area contributed by atoms with Gasteiger partial charge in [-0.1, -0.05) is 6.92 Å². The van der Waals surface area contributed by atoms with Crippen LogP contribution in [-0.4, -0.2) is 32.8 Å². The Morgan fingerprint density at radius 3 is 2.43 bits per heavy atom. The zero-order chi connectivity index (χ0) is 15.2. The molecule has 0 saturated carbocycles. The minimum absolute atomic E-state index is 0.769. The van der Waals surface area contributed by atoms with E-state index < -0.39 is 0 Å². The van der Waals surface area contributed by atoms with Gasteiger partial charge in [0.2, 0.25) is 0 Å². The van der Waals surface area contributed by atoms with Gasteiger partial charge in [0.15, 0.2) is 5.82 Å². The highest BCUT2D eigenvalue weighted by atomic mass is 15.2. The predicted molar refractivity (Wildman–Crippen MR) is 85.2 cm³/mol. The van der Waals surface area contributed by atoms with E-state index in [1.54, 1.807) is 4.68 Å². The fourth-order valence-electron chi connectivity index (χ4n) is 2.46. The Morgan fingerprint density at radius 2 is 1.86 bits per heavy atom. The van der Waals surface area contributed by atoms with E-state index in [4.69, 9.17) is 0 Å². The molecule has 1 N–H and O–H groups in total. The quantitative estimate of drug-likeness (QED) is 0.795. The van der Waals surface area contributed by atoms with Gasteiger partial charge in [0, 0.05) is 24.6 Å². The normalized spacial score (nSPS) is 11.0. The summed E-state index contributed by atoms with van der Waals surface area (Å²) in [4.78, 5) is 9.30. The van der Waals surface area contributed by atoms with Crippen molar-refractivity contribution >= 4 is 0 Å². The maximum atomic E-state index is 4.65. The summed E-state index contributed by atoms with van der Waals surface area (Å²) >= 11 is 0. The molecule has 0 spiro atoms. The van der Waals surface area contributed by atoms with Gasteiger partial charge >= 0.3 is 0 Å². The standard InChI is InChI=1S/C16H25N5/c1-5-8-17-9-6-7-15-12(2)19-16(20-13(15)3)14-10-18-21(4)11-14/h10-11,17H,5-9H2,1-4H3. The van der Waals surface area contributed by atoms with Crippen molar-refractivity contribution < 1.29 is 0 Å². The molecule has 5 heteroatoms. The molecule has 5 nitrogen and oxygen atoms in total. The topological polar surface area (TPSA) is 55.6 Å². The van der Waals surface area contributed by atoms with Gasteiger partial charge in [0.1, 0.15) is 0 Å². The summed E-state index contributed by atoms with van der Waals surface area (Å²) in [6.45, 7) is 8.48. The molecule has 0 unspecified atom stereocenters. The number of nitrogens with one attached hydrogen (secondary N) is 1. The Kier molecular flexibility index (Phi) is 5.44. The minimum atomic E-state index is 0.769. The second-order valence-electron chi connectivity index (χ2n) is 5.45. The zero-order valence-corrected chi connectivity index (χ0v) is 13.5. The molecule has 2 aromatic heterocycles. The van der Waals surface area contributed by atoms with Crippen molar-refractivity contribution in [3.05, 3.63) is 29.3 Å². The largest absolute Gasteiger partial charge is 0.317 e. The molecule has 0 aromatic carbocycles. The van der Waals surface area contributed by atoms with Crippen LogP contribution in [0.4, 0.5) is 0 Å². The van der Waals surface area contributed by atoms with Crippen LogP contribution in [0.15, 0.2) is 12.4 Å². The second kappa shape index (κ2) is 7.31. The molecule has 2 rings (SSSR count). The molecule has 0 bridgehead atoms. The minimum Gasteiger partial charge on any atom is -0.317 e. The Hall–Kier alpha value is -1.75. The fourth-order valence-corrected chi connectivity index (χ4v) is 2.46. The Bertz CT molecular complexity index is 565. The highest BCUT2D eigenvalue weighted by Gasteiger charge is 2.10. The predicted octanol–water partition coefficient (Wildman–Crippen LogP) is 2.43. The van der Waals surface area contributed by atoms with Crippen LogP contribution in [0.5, 0.6) is 0 Å². The van der Waals surface area contributed by atoms with Gasteiger partial charge in [-0.3, -0.25) is 4.68 Å². The molecule has 0 fully saturated rings. The van der Waals surface area contributed by atoms with Gasteiger partial charge in [-0.05, 0) is 51.8 Å². The third-order valence-corrected chi connectivity index (χ3v) is 3.59. The van der Waals surface area contributed by atoms with Crippen LogP contribution in [0.25, 0.3) is 11.4 Å². The lowest BCUT2D eigenvalue weighted by Gasteiger charge is -2.10. The van der Waals surface area contributed by atoms with E-state index in [2.05, 4.69) is 41.2 Å². The van der Waals surface area contributed by atoms with E-state index in [0.29, 0.717) is 0 Å². The fraction of sp³-hybridized carbons (Fsp3) is 0.562. The molecule has 0 atom stereocenters. The second-order valence-corrected chi connectivity index (χ2v) is 5.45. The Labute approximate surface area is 126 Å². The van der Waals surface area contributed by atoms with Crippen molar-refractivity contribution in [3.8, 4) is 11.4 Å². The van der Waals surface area contributed by atoms with E-state index >= 15 is 0 Å². The maximum Gasteiger partial charge on any atom is 0.162 e. The van der Waals surface area contributed by atoms with Crippen molar-refractivity contribution in [2.24, 2.45) is 7.05 Å². The zero-order valence-electron chi connectivity index (χ0n) is 13.5. The van der Waals surface area contributed by atoms with Gasteiger partial charge in [0.05, 0.1) is 11.8 Å². The first kappa shape index (κ1) is 15.6. The van der Waals surface area contributed by atoms with Gasteiger partial charge in [-0.15, -0.1) is 0 Å². The number of hydrogen-bond acceptors (Lipinski definition) is 4. The van der Waals surface area contributed by atoms with Gasteiger partial charge in [-0.25, -0.2) is 9.97 Å². The average Bonchev–Trinajstić information content (AvgIpc) is 2.87. The molecular weight excluding hydrogens is 262 g/mol. The summed E-state index contributed by atoms with van der Waals surface area (Å²) < 4.78 is 1.77. The van der Waals surface area contributed by atoms with Crippen LogP contribution in [0.2, 0.25) is 0 Å². The summed E-state index contributed by atoms with van der Waals surface area (Å²) in [5.41, 5.74) is 4.41. The van der Waals surface area contributed by atoms with Crippen molar-refractivity contribution in [2.75, 3.05) is 13.1 Å². The third-order valence-electron chi connectivity index (χ3n) is 3.59. The van der Waals surface area contributed by atoms with Gasteiger partial charge < -0.3 is 5.32 Å². The molecule has 21 heavy (non-hydrogen) atoms. The Morgan fingerprint density at radius 1 is 1.14 bits per heavy atom. The number of aromatic nitrogens is 4. The van der Waals surface area contributed by atoms with Crippen LogP contribution >= 0.6 is 0 Å². The third kappa shape index (κ3) is 4.11. The molecule has 0 aliphatic rings. The molecule has 0 aliphatic heterocycles. The smallest absolute Gasteiger partial charge is 0.162 e. The Balaban J connectivity index is 2.07. The molecule has 0 saturated heterocycles. The monoisotopic (exact) mass is 287 g/mol. The van der Waals surface area contributed by atoms with E-state index in [0.717, 1.165) is 48.7 Å². The number of aryl methyl sites for hydroxylation is 3. The first-order chi connectivity index (χ1) is 10.1. The van der Waals surface area contributed by atoms with Crippen LogP contribution in [0.1, 0.15) is 36.7 Å². The van der Waals surface area contributed by atoms with E-state index in [1.807, 2.05) is 19.4 Å². The van der Waals surface area contributed by atoms with Crippen molar-refractivity contribution in [1.82, 2.24) is 25.1 Å². The number of nitrogens with zero attached hydrogens (tertiary/aromatic N) is 4. The van der Waals surface area contributed by atoms with E-state index in [-0.39, 0.29) is 0 Å². The molecule has 2 aromatic rings. The van der Waals surface area contributed by atoms with Crippen LogP contribution in [0.3, 0.4) is 0 Å². The molecule has 2 heterocycles. The van der Waals surface area contributed by atoms with Gasteiger partial charge in [0.25, 0.3) is 0 Å². The maximum absolute atomic E-state index is 4.65. The summed E-state index contributed by atoms with van der Waals surface area (Å²) in [5, 5.41) is 7.61.